The molecule has 0 atom stereocenters. The largest absolute Gasteiger partial charge is 0.489 e. The van der Waals surface area contributed by atoms with Crippen LogP contribution in [-0.4, -0.2) is 37.5 Å². The third-order valence-corrected chi connectivity index (χ3v) is 7.95. The lowest BCUT2D eigenvalue weighted by Crippen LogP contribution is -2.37. The second-order valence-electron chi connectivity index (χ2n) is 7.63. The van der Waals surface area contributed by atoms with Gasteiger partial charge in [-0.3, -0.25) is 4.90 Å². The lowest BCUT2D eigenvalue weighted by Gasteiger charge is -2.32. The molecule has 2 heterocycles. The predicted molar refractivity (Wildman–Crippen MR) is 120 cm³/mol. The van der Waals surface area contributed by atoms with Crippen molar-refractivity contribution in [1.29, 1.82) is 0 Å². The number of benzene rings is 2. The summed E-state index contributed by atoms with van der Waals surface area (Å²) >= 11 is 7.26. The summed E-state index contributed by atoms with van der Waals surface area (Å²) in [6.07, 6.45) is 1.06. The number of piperidine rings is 1. The number of ether oxygens (including phenoxy) is 1. The molecule has 170 valence electrons. The molecule has 2 aromatic carbocycles. The number of likely N-dealkylation sites (tertiary alicyclic amines) is 1. The van der Waals surface area contributed by atoms with E-state index in [4.69, 9.17) is 16.3 Å². The molecular formula is C22H21ClF2N2O3S2. The van der Waals surface area contributed by atoms with Gasteiger partial charge >= 0.3 is 0 Å². The van der Waals surface area contributed by atoms with Crippen molar-refractivity contribution in [3.05, 3.63) is 75.2 Å². The van der Waals surface area contributed by atoms with Crippen LogP contribution in [0.2, 0.25) is 5.02 Å². The van der Waals surface area contributed by atoms with Gasteiger partial charge in [-0.05, 0) is 18.4 Å². The van der Waals surface area contributed by atoms with Gasteiger partial charge in [0.2, 0.25) is 0 Å². The molecule has 5 nitrogen and oxygen atoms in total. The maximum absolute atomic E-state index is 14.8. The van der Waals surface area contributed by atoms with Gasteiger partial charge in [0.25, 0.3) is 0 Å². The number of hydrogen-bond donors (Lipinski definition) is 0. The number of nitrogens with zero attached hydrogens (tertiary/aromatic N) is 2. The normalized spacial score (nSPS) is 15.7. The standard InChI is InChI=1S/C22H21ClF2N2O3S2/c23-20-19(30-17-6-8-27(9-7-17)11-15-4-2-1-3-5-15)10-18(24)22(21(20)25)32(28,29)13-16-12-31-14-26-16/h1-5,10,12,14,17H,6-9,11,13H2. The third kappa shape index (κ3) is 5.28. The number of hydrogen-bond acceptors (Lipinski definition) is 6. The fourth-order valence-electron chi connectivity index (χ4n) is 3.71. The van der Waals surface area contributed by atoms with Crippen molar-refractivity contribution < 1.29 is 21.9 Å². The molecule has 3 aromatic rings. The maximum atomic E-state index is 14.8. The molecule has 0 unspecified atom stereocenters. The van der Waals surface area contributed by atoms with Crippen molar-refractivity contribution in [2.45, 2.75) is 36.1 Å². The molecule has 32 heavy (non-hydrogen) atoms. The lowest BCUT2D eigenvalue weighted by molar-refractivity contribution is 0.0962. The minimum Gasteiger partial charge on any atom is -0.489 e. The van der Waals surface area contributed by atoms with Crippen LogP contribution in [-0.2, 0) is 22.1 Å². The summed E-state index contributed by atoms with van der Waals surface area (Å²) in [5, 5.41) is 0.978. The van der Waals surface area contributed by atoms with Gasteiger partial charge in [-0.25, -0.2) is 22.2 Å². The molecule has 1 fully saturated rings. The fraction of sp³-hybridized carbons (Fsp3) is 0.318. The van der Waals surface area contributed by atoms with Gasteiger partial charge in [-0.2, -0.15) is 0 Å². The molecular weight excluding hydrogens is 478 g/mol. The van der Waals surface area contributed by atoms with E-state index in [2.05, 4.69) is 22.0 Å². The number of rotatable bonds is 7. The molecule has 0 N–H and O–H groups in total. The Hall–Kier alpha value is -2.07. The second kappa shape index (κ2) is 9.82. The number of halogens is 3. The number of sulfone groups is 1. The Bertz CT molecular complexity index is 1170. The van der Waals surface area contributed by atoms with Crippen LogP contribution in [0, 0.1) is 11.6 Å². The van der Waals surface area contributed by atoms with E-state index in [-0.39, 0.29) is 17.5 Å². The molecule has 1 aliphatic heterocycles. The average molecular weight is 499 g/mol. The quantitative estimate of drug-likeness (QED) is 0.424. The summed E-state index contributed by atoms with van der Waals surface area (Å²) in [4.78, 5) is 5.10. The van der Waals surface area contributed by atoms with Crippen molar-refractivity contribution >= 4 is 32.8 Å². The first-order chi connectivity index (χ1) is 15.3. The van der Waals surface area contributed by atoms with Crippen LogP contribution in [0.3, 0.4) is 0 Å². The molecule has 0 bridgehead atoms. The van der Waals surface area contributed by atoms with Crippen LogP contribution in [0.25, 0.3) is 0 Å². The highest BCUT2D eigenvalue weighted by Gasteiger charge is 2.30. The Kier molecular flexibility index (Phi) is 7.09. The van der Waals surface area contributed by atoms with Crippen molar-refractivity contribution in [3.63, 3.8) is 0 Å². The molecule has 0 aliphatic carbocycles. The predicted octanol–water partition coefficient (Wildman–Crippen LogP) is 5.09. The van der Waals surface area contributed by atoms with E-state index in [1.807, 2.05) is 18.2 Å². The van der Waals surface area contributed by atoms with E-state index in [1.54, 1.807) is 0 Å². The molecule has 1 aliphatic rings. The number of aromatic nitrogens is 1. The lowest BCUT2D eigenvalue weighted by atomic mass is 10.1. The molecule has 0 amide bonds. The first kappa shape index (κ1) is 23.1. The molecule has 10 heteroatoms. The molecule has 1 aromatic heterocycles. The summed E-state index contributed by atoms with van der Waals surface area (Å²) in [6, 6.07) is 11.0. The van der Waals surface area contributed by atoms with Gasteiger partial charge in [-0.15, -0.1) is 11.3 Å². The monoisotopic (exact) mass is 498 g/mol. The highest BCUT2D eigenvalue weighted by Crippen LogP contribution is 2.36. The van der Waals surface area contributed by atoms with E-state index in [0.29, 0.717) is 12.8 Å². The zero-order valence-corrected chi connectivity index (χ0v) is 19.4. The molecule has 0 saturated carbocycles. The van der Waals surface area contributed by atoms with Gasteiger partial charge in [0, 0.05) is 31.1 Å². The molecule has 0 spiro atoms. The topological polar surface area (TPSA) is 59.5 Å². The zero-order chi connectivity index (χ0) is 22.7. The van der Waals surface area contributed by atoms with Gasteiger partial charge in [-0.1, -0.05) is 41.9 Å². The molecule has 1 saturated heterocycles. The summed E-state index contributed by atoms with van der Waals surface area (Å²) in [6.45, 7) is 2.35. The van der Waals surface area contributed by atoms with E-state index in [1.165, 1.54) is 27.8 Å². The maximum Gasteiger partial charge on any atom is 0.189 e. The van der Waals surface area contributed by atoms with Crippen LogP contribution >= 0.6 is 22.9 Å². The zero-order valence-electron chi connectivity index (χ0n) is 17.0. The Balaban J connectivity index is 1.44. The summed E-state index contributed by atoms with van der Waals surface area (Å²) in [5.74, 6) is -3.35. The van der Waals surface area contributed by atoms with Crippen molar-refractivity contribution in [3.8, 4) is 5.75 Å². The third-order valence-electron chi connectivity index (χ3n) is 5.29. The second-order valence-corrected chi connectivity index (χ2v) is 10.7. The van der Waals surface area contributed by atoms with Gasteiger partial charge in [0.1, 0.15) is 27.6 Å². The Labute approximate surface area is 194 Å². The van der Waals surface area contributed by atoms with E-state index in [9.17, 15) is 17.2 Å². The van der Waals surface area contributed by atoms with Crippen LogP contribution in [0.5, 0.6) is 5.75 Å². The summed E-state index contributed by atoms with van der Waals surface area (Å²) in [5.41, 5.74) is 2.88. The smallest absolute Gasteiger partial charge is 0.189 e. The van der Waals surface area contributed by atoms with Crippen LogP contribution in [0.15, 0.2) is 52.2 Å². The first-order valence-electron chi connectivity index (χ1n) is 10.0. The minimum absolute atomic E-state index is 0.184. The van der Waals surface area contributed by atoms with Gasteiger partial charge in [0.05, 0.1) is 17.0 Å². The Morgan fingerprint density at radius 1 is 1.19 bits per heavy atom. The van der Waals surface area contributed by atoms with E-state index in [0.717, 1.165) is 25.7 Å². The fourth-order valence-corrected chi connectivity index (χ4v) is 6.05. The summed E-state index contributed by atoms with van der Waals surface area (Å²) in [7, 11) is -4.31. The number of thiazole rings is 1. The SMILES string of the molecule is O=S(=O)(Cc1cscn1)c1c(F)cc(OC2CCN(Cc3ccccc3)CC2)c(Cl)c1F. The van der Waals surface area contributed by atoms with Crippen molar-refractivity contribution in [1.82, 2.24) is 9.88 Å². The average Bonchev–Trinajstić information content (AvgIpc) is 3.26. The van der Waals surface area contributed by atoms with Gasteiger partial charge in [0.15, 0.2) is 15.7 Å². The van der Waals surface area contributed by atoms with Crippen molar-refractivity contribution in [2.75, 3.05) is 13.1 Å². The van der Waals surface area contributed by atoms with Gasteiger partial charge < -0.3 is 4.74 Å². The Morgan fingerprint density at radius 2 is 1.91 bits per heavy atom. The van der Waals surface area contributed by atoms with E-state index >= 15 is 0 Å². The molecule has 4 rings (SSSR count). The van der Waals surface area contributed by atoms with Crippen LogP contribution in [0.1, 0.15) is 24.1 Å². The Morgan fingerprint density at radius 3 is 2.56 bits per heavy atom. The van der Waals surface area contributed by atoms with E-state index < -0.39 is 37.1 Å². The van der Waals surface area contributed by atoms with Crippen LogP contribution in [0.4, 0.5) is 8.78 Å². The first-order valence-corrected chi connectivity index (χ1v) is 13.0. The molecule has 0 radical (unpaired) electrons. The van der Waals surface area contributed by atoms with Crippen molar-refractivity contribution in [2.24, 2.45) is 0 Å². The summed E-state index contributed by atoms with van der Waals surface area (Å²) < 4.78 is 60.4. The highest BCUT2D eigenvalue weighted by atomic mass is 35.5. The minimum atomic E-state index is -4.31. The highest BCUT2D eigenvalue weighted by molar-refractivity contribution is 7.90. The van der Waals surface area contributed by atoms with Crippen LogP contribution < -0.4 is 4.74 Å².